The average Bonchev–Trinajstić information content (AvgIpc) is 2.55. The highest BCUT2D eigenvalue weighted by Gasteiger charge is 2.13. The molecule has 2 rings (SSSR count). The molecule has 0 heterocycles. The van der Waals surface area contributed by atoms with E-state index in [4.69, 9.17) is 4.74 Å². The van der Waals surface area contributed by atoms with E-state index in [2.05, 4.69) is 58.0 Å². The fourth-order valence-electron chi connectivity index (χ4n) is 2.88. The first kappa shape index (κ1) is 17.1. The zero-order valence-corrected chi connectivity index (χ0v) is 14.5. The fraction of sp³-hybridized carbons (Fsp3) is 0.381. The van der Waals surface area contributed by atoms with Gasteiger partial charge in [0.2, 0.25) is 0 Å². The molecule has 0 saturated carbocycles. The van der Waals surface area contributed by atoms with Crippen molar-refractivity contribution in [1.82, 2.24) is 0 Å². The summed E-state index contributed by atoms with van der Waals surface area (Å²) in [6.07, 6.45) is 1.70. The van der Waals surface area contributed by atoms with Crippen LogP contribution in [-0.2, 0) is 0 Å². The van der Waals surface area contributed by atoms with Crippen molar-refractivity contribution in [1.29, 1.82) is 5.26 Å². The Morgan fingerprint density at radius 1 is 0.957 bits per heavy atom. The number of nitrogens with zero attached hydrogens (tertiary/aromatic N) is 1. The molecule has 23 heavy (non-hydrogen) atoms. The Bertz CT molecular complexity index is 712. The summed E-state index contributed by atoms with van der Waals surface area (Å²) in [4.78, 5) is 0. The molecule has 0 aliphatic heterocycles. The van der Waals surface area contributed by atoms with Crippen LogP contribution >= 0.6 is 0 Å². The molecule has 0 saturated heterocycles. The lowest BCUT2D eigenvalue weighted by molar-refractivity contribution is 0.301. The molecule has 0 bridgehead atoms. The van der Waals surface area contributed by atoms with Gasteiger partial charge in [0, 0.05) is 0 Å². The summed E-state index contributed by atoms with van der Waals surface area (Å²) in [6, 6.07) is 14.8. The van der Waals surface area contributed by atoms with Crippen LogP contribution in [0.1, 0.15) is 46.6 Å². The van der Waals surface area contributed by atoms with Crippen molar-refractivity contribution in [3.63, 3.8) is 0 Å². The van der Waals surface area contributed by atoms with Crippen molar-refractivity contribution >= 4 is 0 Å². The van der Waals surface area contributed by atoms with Crippen LogP contribution in [-0.4, -0.2) is 6.61 Å². The number of hydrogen-bond acceptors (Lipinski definition) is 2. The highest BCUT2D eigenvalue weighted by Crippen LogP contribution is 2.27. The minimum atomic E-state index is -0.0560. The van der Waals surface area contributed by atoms with Gasteiger partial charge in [0.25, 0.3) is 0 Å². The van der Waals surface area contributed by atoms with Crippen LogP contribution in [0.15, 0.2) is 36.4 Å². The third kappa shape index (κ3) is 4.13. The van der Waals surface area contributed by atoms with Crippen LogP contribution in [0.5, 0.6) is 5.75 Å². The van der Waals surface area contributed by atoms with Crippen molar-refractivity contribution in [2.24, 2.45) is 0 Å². The van der Waals surface area contributed by atoms with Crippen molar-refractivity contribution in [3.8, 4) is 11.8 Å². The van der Waals surface area contributed by atoms with E-state index in [-0.39, 0.29) is 5.92 Å². The Hall–Kier alpha value is -2.27. The minimum absolute atomic E-state index is 0.0560. The van der Waals surface area contributed by atoms with Crippen molar-refractivity contribution in [2.75, 3.05) is 6.61 Å². The molecular weight excluding hydrogens is 282 g/mol. The molecule has 0 amide bonds. The topological polar surface area (TPSA) is 33.0 Å². The van der Waals surface area contributed by atoms with E-state index in [9.17, 15) is 5.26 Å². The quantitative estimate of drug-likeness (QED) is 0.671. The second-order valence-electron chi connectivity index (χ2n) is 6.18. The van der Waals surface area contributed by atoms with Crippen LogP contribution in [0.4, 0.5) is 0 Å². The van der Waals surface area contributed by atoms with Gasteiger partial charge in [-0.15, -0.1) is 0 Å². The van der Waals surface area contributed by atoms with Crippen molar-refractivity contribution in [3.05, 3.63) is 64.2 Å². The van der Waals surface area contributed by atoms with E-state index in [1.807, 2.05) is 12.1 Å². The SMILES string of the molecule is Cc1ccccc1C(C#N)CCCOc1c(C)ccc(C)c1C. The number of hydrogen-bond donors (Lipinski definition) is 0. The standard InChI is InChI=1S/C21H25NO/c1-15-11-12-17(3)21(18(15)4)23-13-7-9-19(14-22)20-10-6-5-8-16(20)2/h5-6,8,10-12,19H,7,9,13H2,1-4H3. The molecule has 0 N–H and O–H groups in total. The first-order chi connectivity index (χ1) is 11.0. The second-order valence-corrected chi connectivity index (χ2v) is 6.18. The van der Waals surface area contributed by atoms with Gasteiger partial charge in [-0.3, -0.25) is 0 Å². The lowest BCUT2D eigenvalue weighted by Gasteiger charge is -2.15. The fourth-order valence-corrected chi connectivity index (χ4v) is 2.88. The molecule has 1 unspecified atom stereocenters. The van der Waals surface area contributed by atoms with E-state index in [0.29, 0.717) is 6.61 Å². The normalized spacial score (nSPS) is 11.8. The molecule has 2 aromatic carbocycles. The van der Waals surface area contributed by atoms with Crippen molar-refractivity contribution < 1.29 is 4.74 Å². The summed E-state index contributed by atoms with van der Waals surface area (Å²) >= 11 is 0. The maximum absolute atomic E-state index is 9.45. The van der Waals surface area contributed by atoms with Gasteiger partial charge >= 0.3 is 0 Å². The number of ether oxygens (including phenoxy) is 1. The number of rotatable bonds is 6. The lowest BCUT2D eigenvalue weighted by Crippen LogP contribution is -2.05. The summed E-state index contributed by atoms with van der Waals surface area (Å²) in [5.41, 5.74) is 5.95. The molecule has 120 valence electrons. The maximum atomic E-state index is 9.45. The smallest absolute Gasteiger partial charge is 0.125 e. The van der Waals surface area contributed by atoms with Crippen LogP contribution in [0.2, 0.25) is 0 Å². The largest absolute Gasteiger partial charge is 0.493 e. The van der Waals surface area contributed by atoms with Gasteiger partial charge < -0.3 is 4.74 Å². The number of benzene rings is 2. The molecule has 2 nitrogen and oxygen atoms in total. The Balaban J connectivity index is 1.94. The third-order valence-corrected chi connectivity index (χ3v) is 4.48. The van der Waals surface area contributed by atoms with Crippen LogP contribution in [0.25, 0.3) is 0 Å². The predicted molar refractivity (Wildman–Crippen MR) is 94.9 cm³/mol. The molecule has 0 aliphatic rings. The van der Waals surface area contributed by atoms with E-state index in [1.54, 1.807) is 0 Å². The Labute approximate surface area is 139 Å². The predicted octanol–water partition coefficient (Wildman–Crippen LogP) is 5.39. The van der Waals surface area contributed by atoms with Gasteiger partial charge in [0.15, 0.2) is 0 Å². The van der Waals surface area contributed by atoms with Gasteiger partial charge in [-0.25, -0.2) is 0 Å². The van der Waals surface area contributed by atoms with Crippen molar-refractivity contribution in [2.45, 2.75) is 46.5 Å². The Morgan fingerprint density at radius 2 is 1.65 bits per heavy atom. The highest BCUT2D eigenvalue weighted by atomic mass is 16.5. The monoisotopic (exact) mass is 307 g/mol. The zero-order valence-electron chi connectivity index (χ0n) is 14.5. The third-order valence-electron chi connectivity index (χ3n) is 4.48. The van der Waals surface area contributed by atoms with E-state index in [1.165, 1.54) is 22.3 Å². The summed E-state index contributed by atoms with van der Waals surface area (Å²) in [5.74, 6) is 0.939. The maximum Gasteiger partial charge on any atom is 0.125 e. The Kier molecular flexibility index (Phi) is 5.82. The zero-order chi connectivity index (χ0) is 16.8. The van der Waals surface area contributed by atoms with Gasteiger partial charge in [0.05, 0.1) is 18.6 Å². The number of nitriles is 1. The summed E-state index contributed by atoms with van der Waals surface area (Å²) in [6.45, 7) is 8.99. The van der Waals surface area contributed by atoms with Crippen LogP contribution in [0.3, 0.4) is 0 Å². The minimum Gasteiger partial charge on any atom is -0.493 e. The Morgan fingerprint density at radius 3 is 2.35 bits per heavy atom. The van der Waals surface area contributed by atoms with Crippen LogP contribution < -0.4 is 4.74 Å². The van der Waals surface area contributed by atoms with Gasteiger partial charge in [-0.05, 0) is 68.4 Å². The summed E-state index contributed by atoms with van der Waals surface area (Å²) < 4.78 is 6.00. The molecule has 1 atom stereocenters. The molecule has 2 aromatic rings. The second kappa shape index (κ2) is 7.83. The molecule has 0 aromatic heterocycles. The molecule has 0 aliphatic carbocycles. The number of aryl methyl sites for hydroxylation is 3. The molecule has 0 fully saturated rings. The average molecular weight is 307 g/mol. The first-order valence-electron chi connectivity index (χ1n) is 8.19. The molecule has 0 spiro atoms. The molecular formula is C21H25NO. The lowest BCUT2D eigenvalue weighted by atomic mass is 9.92. The van der Waals surface area contributed by atoms with Gasteiger partial charge in [0.1, 0.15) is 5.75 Å². The van der Waals surface area contributed by atoms with E-state index >= 15 is 0 Å². The summed E-state index contributed by atoms with van der Waals surface area (Å²) in [7, 11) is 0. The van der Waals surface area contributed by atoms with Gasteiger partial charge in [-0.1, -0.05) is 36.4 Å². The van der Waals surface area contributed by atoms with Crippen LogP contribution in [0, 0.1) is 39.0 Å². The highest BCUT2D eigenvalue weighted by molar-refractivity contribution is 5.44. The van der Waals surface area contributed by atoms with Gasteiger partial charge in [-0.2, -0.15) is 5.26 Å². The molecule has 0 radical (unpaired) electrons. The molecule has 2 heteroatoms. The summed E-state index contributed by atoms with van der Waals surface area (Å²) in [5, 5.41) is 9.45. The van der Waals surface area contributed by atoms with E-state index in [0.717, 1.165) is 24.2 Å². The van der Waals surface area contributed by atoms with E-state index < -0.39 is 0 Å². The first-order valence-corrected chi connectivity index (χ1v) is 8.19.